The van der Waals surface area contributed by atoms with E-state index in [1.165, 1.54) is 128 Å². The fourth-order valence-corrected chi connectivity index (χ4v) is 9.72. The maximum absolute atomic E-state index is 12.9. The number of carbonyl (C=O) groups is 2. The lowest BCUT2D eigenvalue weighted by atomic mass is 10.0. The molecule has 84 heavy (non-hydrogen) atoms. The molecule has 9 nitrogen and oxygen atoms in total. The van der Waals surface area contributed by atoms with E-state index in [0.29, 0.717) is 17.4 Å². The van der Waals surface area contributed by atoms with Crippen LogP contribution in [0.4, 0.5) is 0 Å². The van der Waals surface area contributed by atoms with Crippen LogP contribution in [0.25, 0.3) is 0 Å². The van der Waals surface area contributed by atoms with Crippen LogP contribution in [-0.4, -0.2) is 74.9 Å². The van der Waals surface area contributed by atoms with E-state index in [0.717, 1.165) is 109 Å². The smallest absolute Gasteiger partial charge is 0.462 e. The zero-order valence-electron chi connectivity index (χ0n) is 54.6. The number of esters is 2. The first-order valence-electron chi connectivity index (χ1n) is 33.9. The van der Waals surface area contributed by atoms with Crippen molar-refractivity contribution < 1.29 is 42.1 Å². The van der Waals surface area contributed by atoms with E-state index in [-0.39, 0.29) is 32.0 Å². The van der Waals surface area contributed by atoms with Crippen molar-refractivity contribution in [3.8, 4) is 0 Å². The molecule has 0 aliphatic carbocycles. The molecule has 0 radical (unpaired) electrons. The molecule has 0 fully saturated rings. The van der Waals surface area contributed by atoms with Gasteiger partial charge < -0.3 is 18.9 Å². The summed E-state index contributed by atoms with van der Waals surface area (Å²) in [6.45, 7) is 4.28. The van der Waals surface area contributed by atoms with Crippen molar-refractivity contribution in [2.24, 2.45) is 0 Å². The first kappa shape index (κ1) is 80.2. The maximum atomic E-state index is 12.9. The molecule has 0 rings (SSSR count). The summed E-state index contributed by atoms with van der Waals surface area (Å²) in [6.07, 6.45) is 92.6. The molecule has 2 unspecified atom stereocenters. The van der Waals surface area contributed by atoms with Gasteiger partial charge in [-0.3, -0.25) is 18.6 Å². The lowest BCUT2D eigenvalue weighted by Crippen LogP contribution is -2.37. The highest BCUT2D eigenvalue weighted by molar-refractivity contribution is 7.47. The second-order valence-electron chi connectivity index (χ2n) is 23.5. The van der Waals surface area contributed by atoms with Gasteiger partial charge in [-0.2, -0.15) is 0 Å². The van der Waals surface area contributed by atoms with E-state index in [2.05, 4.69) is 148 Å². The second-order valence-corrected chi connectivity index (χ2v) is 24.9. The number of carbonyl (C=O) groups excluding carboxylic acids is 2. The monoisotopic (exact) mass is 1190 g/mol. The fourth-order valence-electron chi connectivity index (χ4n) is 8.98. The average Bonchev–Trinajstić information content (AvgIpc) is 3.61. The van der Waals surface area contributed by atoms with Gasteiger partial charge in [-0.05, 0) is 116 Å². The highest BCUT2D eigenvalue weighted by Crippen LogP contribution is 2.43. The molecule has 0 aromatic carbocycles. The third-order valence-corrected chi connectivity index (χ3v) is 15.1. The van der Waals surface area contributed by atoms with Crippen molar-refractivity contribution in [2.75, 3.05) is 47.5 Å². The van der Waals surface area contributed by atoms with E-state index in [1.54, 1.807) is 0 Å². The predicted molar refractivity (Wildman–Crippen MR) is 362 cm³/mol. The van der Waals surface area contributed by atoms with Crippen LogP contribution in [0.1, 0.15) is 271 Å². The van der Waals surface area contributed by atoms with Crippen molar-refractivity contribution in [1.82, 2.24) is 0 Å². The van der Waals surface area contributed by atoms with Crippen molar-refractivity contribution in [3.05, 3.63) is 134 Å². The van der Waals surface area contributed by atoms with Gasteiger partial charge in [0.25, 0.3) is 0 Å². The largest absolute Gasteiger partial charge is 0.472 e. The number of phosphoric ester groups is 1. The molecule has 0 saturated heterocycles. The Bertz CT molecular complexity index is 1880. The van der Waals surface area contributed by atoms with Crippen LogP contribution in [0, 0.1) is 0 Å². The summed E-state index contributed by atoms with van der Waals surface area (Å²) in [7, 11) is 1.45. The minimum atomic E-state index is -4.41. The number of likely N-dealkylation sites (N-methyl/N-ethyl adjacent to an activating group) is 1. The van der Waals surface area contributed by atoms with Gasteiger partial charge in [0.2, 0.25) is 0 Å². The summed E-state index contributed by atoms with van der Waals surface area (Å²) in [4.78, 5) is 35.8. The Labute approximate surface area is 517 Å². The molecule has 0 bridgehead atoms. The summed E-state index contributed by atoms with van der Waals surface area (Å²) in [5, 5.41) is 0. The number of rotatable bonds is 61. The number of nitrogens with zero attached hydrogens (tertiary/aromatic N) is 1. The van der Waals surface area contributed by atoms with Gasteiger partial charge in [0.15, 0.2) is 6.10 Å². The number of allylic oxidation sites excluding steroid dienone is 22. The van der Waals surface area contributed by atoms with Crippen LogP contribution in [0.5, 0.6) is 0 Å². The number of hydrogen-bond acceptors (Lipinski definition) is 7. The predicted octanol–water partition coefficient (Wildman–Crippen LogP) is 22.0. The molecule has 0 heterocycles. The molecule has 0 aliphatic rings. The van der Waals surface area contributed by atoms with Gasteiger partial charge in [-0.25, -0.2) is 4.57 Å². The Morgan fingerprint density at radius 1 is 0.381 bits per heavy atom. The molecule has 480 valence electrons. The van der Waals surface area contributed by atoms with Crippen molar-refractivity contribution in [3.63, 3.8) is 0 Å². The molecule has 0 aliphatic heterocycles. The third kappa shape index (κ3) is 67.3. The number of hydrogen-bond donors (Lipinski definition) is 1. The van der Waals surface area contributed by atoms with Gasteiger partial charge in [-0.15, -0.1) is 0 Å². The van der Waals surface area contributed by atoms with Crippen molar-refractivity contribution in [2.45, 2.75) is 277 Å². The molecule has 0 aromatic heterocycles. The molecule has 0 saturated carbocycles. The molecule has 0 amide bonds. The first-order valence-corrected chi connectivity index (χ1v) is 35.4. The quantitative estimate of drug-likeness (QED) is 0.0211. The number of unbranched alkanes of at least 4 members (excludes halogenated alkanes) is 25. The lowest BCUT2D eigenvalue weighted by Gasteiger charge is -2.24. The minimum Gasteiger partial charge on any atom is -0.462 e. The molecule has 0 spiro atoms. The normalized spacial score (nSPS) is 14.0. The second kappa shape index (κ2) is 63.6. The standard InChI is InChI=1S/C74H126NO8P/c1-6-8-10-12-14-16-18-20-22-24-26-28-30-32-34-36-37-39-40-42-44-46-48-50-52-54-56-58-60-62-64-66-73(76)80-70-72(71-82-84(78,79)81-69-68-75(3,4)5)83-74(77)67-65-63-61-59-57-55-53-51-49-47-45-43-41-38-35-33-31-29-27-25-23-21-19-17-15-13-11-9-7-2/h9,11,15,17-18,20-21,23-24,26-27,29-30,32-33,35,41,43,47,49,53,55,72H,6-8,10,12-14,16,19,22,25,28,31,34,36-40,42,44-46,48,50-52,54,56-71H2,1-5H3/p+1/b11-9-,17-15-,20-18-,23-21-,26-24-,29-27-,32-30-,35-33-,43-41-,49-47-,55-53-. The molecular formula is C74H127NO8P+. The van der Waals surface area contributed by atoms with E-state index in [9.17, 15) is 19.0 Å². The average molecular weight is 1190 g/mol. The first-order chi connectivity index (χ1) is 41.0. The lowest BCUT2D eigenvalue weighted by molar-refractivity contribution is -0.870. The highest BCUT2D eigenvalue weighted by Gasteiger charge is 2.27. The Morgan fingerprint density at radius 2 is 0.679 bits per heavy atom. The van der Waals surface area contributed by atoms with Crippen LogP contribution in [-0.2, 0) is 32.7 Å². The topological polar surface area (TPSA) is 108 Å². The van der Waals surface area contributed by atoms with Gasteiger partial charge in [-0.1, -0.05) is 276 Å². The van der Waals surface area contributed by atoms with Crippen LogP contribution < -0.4 is 0 Å². The Morgan fingerprint density at radius 3 is 1.01 bits per heavy atom. The van der Waals surface area contributed by atoms with E-state index >= 15 is 0 Å². The van der Waals surface area contributed by atoms with E-state index in [1.807, 2.05) is 21.1 Å². The van der Waals surface area contributed by atoms with Gasteiger partial charge in [0, 0.05) is 12.8 Å². The fraction of sp³-hybridized carbons (Fsp3) is 0.676. The highest BCUT2D eigenvalue weighted by atomic mass is 31.2. The molecule has 1 N–H and O–H groups in total. The summed E-state index contributed by atoms with van der Waals surface area (Å²) >= 11 is 0. The van der Waals surface area contributed by atoms with Crippen LogP contribution in [0.15, 0.2) is 134 Å². The maximum Gasteiger partial charge on any atom is 0.472 e. The summed E-state index contributed by atoms with van der Waals surface area (Å²) < 4.78 is 34.7. The molecule has 2 atom stereocenters. The molecule has 10 heteroatoms. The minimum absolute atomic E-state index is 0.0197. The Balaban J connectivity index is 4.16. The zero-order valence-corrected chi connectivity index (χ0v) is 55.5. The summed E-state index contributed by atoms with van der Waals surface area (Å²) in [5.41, 5.74) is 0. The van der Waals surface area contributed by atoms with Crippen molar-refractivity contribution >= 4 is 19.8 Å². The number of ether oxygens (including phenoxy) is 2. The summed E-state index contributed by atoms with van der Waals surface area (Å²) in [6, 6.07) is 0. The van der Waals surface area contributed by atoms with Crippen LogP contribution >= 0.6 is 7.82 Å². The zero-order chi connectivity index (χ0) is 61.2. The Hall–Kier alpha value is -3.85. The van der Waals surface area contributed by atoms with Crippen LogP contribution in [0.3, 0.4) is 0 Å². The van der Waals surface area contributed by atoms with Gasteiger partial charge >= 0.3 is 19.8 Å². The number of quaternary nitrogens is 1. The van der Waals surface area contributed by atoms with Crippen molar-refractivity contribution in [1.29, 1.82) is 0 Å². The number of phosphoric acid groups is 1. The van der Waals surface area contributed by atoms with E-state index in [4.69, 9.17) is 18.5 Å². The van der Waals surface area contributed by atoms with Gasteiger partial charge in [0.05, 0.1) is 27.7 Å². The SMILES string of the molecule is CC/C=C\C/C=C\C/C=C\C/C=C\C/C=C\C/C=C\C/C=C\C/C=C\CCCCCCC(=O)OC(COC(=O)CCCCCCCCCCCCCCCCCC/C=C\C/C=C\C/C=C\CCCCCCC)COP(=O)(O)OCC[N+](C)(C)C. The van der Waals surface area contributed by atoms with Gasteiger partial charge in [0.1, 0.15) is 19.8 Å². The third-order valence-electron chi connectivity index (χ3n) is 14.2. The molecular weight excluding hydrogens is 1060 g/mol. The van der Waals surface area contributed by atoms with E-state index < -0.39 is 26.5 Å². The van der Waals surface area contributed by atoms with Crippen LogP contribution in [0.2, 0.25) is 0 Å². The molecule has 0 aromatic rings. The summed E-state index contributed by atoms with van der Waals surface area (Å²) in [5.74, 6) is -0.830. The Kier molecular flexibility index (Phi) is 60.7.